The molecule has 6 nitrogen and oxygen atoms in total. The normalized spacial score (nSPS) is 10.4. The molecule has 0 saturated heterocycles. The van der Waals surface area contributed by atoms with E-state index in [1.165, 1.54) is 0 Å². The Morgan fingerprint density at radius 1 is 1.12 bits per heavy atom. The van der Waals surface area contributed by atoms with Crippen molar-refractivity contribution in [1.82, 2.24) is 20.1 Å². The van der Waals surface area contributed by atoms with Crippen molar-refractivity contribution in [3.8, 4) is 17.0 Å². The molecular formula is C19H20N4O2. The lowest BCUT2D eigenvalue weighted by Gasteiger charge is -2.06. The third-order valence-corrected chi connectivity index (χ3v) is 3.80. The third kappa shape index (κ3) is 4.67. The molecule has 0 aliphatic carbocycles. The van der Waals surface area contributed by atoms with E-state index in [0.717, 1.165) is 22.6 Å². The Bertz CT molecular complexity index is 813. The highest BCUT2D eigenvalue weighted by Crippen LogP contribution is 2.15. The number of hydrogen-bond acceptors (Lipinski definition) is 4. The first kappa shape index (κ1) is 16.7. The smallest absolute Gasteiger partial charge is 0.224 e. The van der Waals surface area contributed by atoms with E-state index in [0.29, 0.717) is 19.5 Å². The highest BCUT2D eigenvalue weighted by molar-refractivity contribution is 5.78. The molecule has 0 spiro atoms. The van der Waals surface area contributed by atoms with E-state index in [-0.39, 0.29) is 5.91 Å². The molecule has 25 heavy (non-hydrogen) atoms. The van der Waals surface area contributed by atoms with Gasteiger partial charge in [-0.3, -0.25) is 14.5 Å². The number of ether oxygens (including phenoxy) is 1. The Hall–Kier alpha value is -3.15. The lowest BCUT2D eigenvalue weighted by Crippen LogP contribution is -2.28. The zero-order chi connectivity index (χ0) is 17.5. The molecule has 0 atom stereocenters. The molecule has 0 saturated carbocycles. The number of benzene rings is 1. The monoisotopic (exact) mass is 336 g/mol. The largest absolute Gasteiger partial charge is 0.497 e. The van der Waals surface area contributed by atoms with Gasteiger partial charge in [0.05, 0.1) is 25.8 Å². The van der Waals surface area contributed by atoms with Crippen molar-refractivity contribution < 1.29 is 9.53 Å². The lowest BCUT2D eigenvalue weighted by molar-refractivity contribution is -0.120. The van der Waals surface area contributed by atoms with Crippen LogP contribution in [0.2, 0.25) is 0 Å². The van der Waals surface area contributed by atoms with Gasteiger partial charge in [-0.05, 0) is 35.9 Å². The summed E-state index contributed by atoms with van der Waals surface area (Å²) in [6.07, 6.45) is 5.75. The number of hydrogen-bond donors (Lipinski definition) is 1. The number of amides is 1. The van der Waals surface area contributed by atoms with Crippen molar-refractivity contribution in [1.29, 1.82) is 0 Å². The predicted molar refractivity (Wildman–Crippen MR) is 95.2 cm³/mol. The number of carbonyl (C=O) groups excluding carboxylic acids is 1. The first-order valence-corrected chi connectivity index (χ1v) is 8.08. The van der Waals surface area contributed by atoms with Crippen LogP contribution in [0.5, 0.6) is 5.75 Å². The minimum absolute atomic E-state index is 0.00770. The third-order valence-electron chi connectivity index (χ3n) is 3.80. The van der Waals surface area contributed by atoms with E-state index in [1.54, 1.807) is 19.5 Å². The van der Waals surface area contributed by atoms with Crippen LogP contribution in [-0.4, -0.2) is 34.3 Å². The Morgan fingerprint density at radius 3 is 2.60 bits per heavy atom. The molecule has 6 heteroatoms. The molecule has 1 amide bonds. The summed E-state index contributed by atoms with van der Waals surface area (Å²) < 4.78 is 6.93. The van der Waals surface area contributed by atoms with Crippen LogP contribution < -0.4 is 10.1 Å². The summed E-state index contributed by atoms with van der Waals surface area (Å²) in [5.41, 5.74) is 2.88. The number of nitrogens with one attached hydrogen (secondary N) is 1. The standard InChI is InChI=1S/C19H20N4O2/c1-25-17-4-2-15(3-5-17)14-19(24)21-11-13-23-12-8-18(22-23)16-6-9-20-10-7-16/h2-10,12H,11,13-14H2,1H3,(H,21,24). The van der Waals surface area contributed by atoms with Crippen molar-refractivity contribution in [2.24, 2.45) is 0 Å². The quantitative estimate of drug-likeness (QED) is 0.719. The molecule has 0 aliphatic heterocycles. The Morgan fingerprint density at radius 2 is 1.88 bits per heavy atom. The van der Waals surface area contributed by atoms with Crippen LogP contribution >= 0.6 is 0 Å². The molecule has 3 rings (SSSR count). The molecule has 3 aromatic rings. The van der Waals surface area contributed by atoms with E-state index < -0.39 is 0 Å². The Balaban J connectivity index is 1.46. The average Bonchev–Trinajstić information content (AvgIpc) is 3.12. The highest BCUT2D eigenvalue weighted by Gasteiger charge is 2.05. The van der Waals surface area contributed by atoms with Gasteiger partial charge in [0.15, 0.2) is 0 Å². The number of rotatable bonds is 7. The van der Waals surface area contributed by atoms with Crippen LogP contribution in [0.25, 0.3) is 11.3 Å². The summed E-state index contributed by atoms with van der Waals surface area (Å²) in [4.78, 5) is 16.0. The molecular weight excluding hydrogens is 316 g/mol. The SMILES string of the molecule is COc1ccc(CC(=O)NCCn2ccc(-c3ccncc3)n2)cc1. The van der Waals surface area contributed by atoms with Gasteiger partial charge in [0, 0.05) is 30.7 Å². The second-order valence-electron chi connectivity index (χ2n) is 5.57. The minimum Gasteiger partial charge on any atom is -0.497 e. The van der Waals surface area contributed by atoms with Crippen molar-refractivity contribution in [3.05, 3.63) is 66.6 Å². The van der Waals surface area contributed by atoms with Gasteiger partial charge in [0.2, 0.25) is 5.91 Å². The van der Waals surface area contributed by atoms with E-state index in [1.807, 2.05) is 53.3 Å². The van der Waals surface area contributed by atoms with Gasteiger partial charge in [-0.25, -0.2) is 0 Å². The molecule has 0 unspecified atom stereocenters. The van der Waals surface area contributed by atoms with Gasteiger partial charge in [-0.2, -0.15) is 5.10 Å². The summed E-state index contributed by atoms with van der Waals surface area (Å²) >= 11 is 0. The zero-order valence-corrected chi connectivity index (χ0v) is 14.1. The Labute approximate surface area is 146 Å². The number of methoxy groups -OCH3 is 1. The first-order valence-electron chi connectivity index (χ1n) is 8.08. The van der Waals surface area contributed by atoms with Crippen LogP contribution in [0.4, 0.5) is 0 Å². The molecule has 0 radical (unpaired) electrons. The summed E-state index contributed by atoms with van der Waals surface area (Å²) in [7, 11) is 1.62. The summed E-state index contributed by atoms with van der Waals surface area (Å²) in [5, 5.41) is 7.42. The highest BCUT2D eigenvalue weighted by atomic mass is 16.5. The van der Waals surface area contributed by atoms with Gasteiger partial charge < -0.3 is 10.1 Å². The van der Waals surface area contributed by atoms with Crippen molar-refractivity contribution in [2.45, 2.75) is 13.0 Å². The molecule has 0 bridgehead atoms. The fourth-order valence-corrected chi connectivity index (χ4v) is 2.46. The van der Waals surface area contributed by atoms with Crippen LogP contribution in [0.3, 0.4) is 0 Å². The van der Waals surface area contributed by atoms with E-state index in [2.05, 4.69) is 15.4 Å². The number of aromatic nitrogens is 3. The molecule has 0 fully saturated rings. The van der Waals surface area contributed by atoms with Gasteiger partial charge >= 0.3 is 0 Å². The Kier molecular flexibility index (Phi) is 5.41. The number of carbonyl (C=O) groups is 1. The van der Waals surface area contributed by atoms with Gasteiger partial charge in [0.1, 0.15) is 5.75 Å². The van der Waals surface area contributed by atoms with Crippen LogP contribution in [-0.2, 0) is 17.8 Å². The average molecular weight is 336 g/mol. The van der Waals surface area contributed by atoms with E-state index in [9.17, 15) is 4.79 Å². The van der Waals surface area contributed by atoms with Crippen LogP contribution in [0, 0.1) is 0 Å². The van der Waals surface area contributed by atoms with Crippen molar-refractivity contribution in [3.63, 3.8) is 0 Å². The van der Waals surface area contributed by atoms with Crippen molar-refractivity contribution in [2.75, 3.05) is 13.7 Å². The van der Waals surface area contributed by atoms with Gasteiger partial charge in [-0.15, -0.1) is 0 Å². The maximum Gasteiger partial charge on any atom is 0.224 e. The lowest BCUT2D eigenvalue weighted by atomic mass is 10.1. The fourth-order valence-electron chi connectivity index (χ4n) is 2.46. The second-order valence-corrected chi connectivity index (χ2v) is 5.57. The first-order chi connectivity index (χ1) is 12.2. The molecule has 1 aromatic carbocycles. The van der Waals surface area contributed by atoms with E-state index in [4.69, 9.17) is 4.74 Å². The number of pyridine rings is 1. The van der Waals surface area contributed by atoms with E-state index >= 15 is 0 Å². The maximum absolute atomic E-state index is 12.0. The minimum atomic E-state index is -0.00770. The van der Waals surface area contributed by atoms with Crippen LogP contribution in [0.1, 0.15) is 5.56 Å². The summed E-state index contributed by atoms with van der Waals surface area (Å²) in [5.74, 6) is 0.777. The maximum atomic E-state index is 12.0. The topological polar surface area (TPSA) is 69.0 Å². The molecule has 0 aliphatic rings. The van der Waals surface area contributed by atoms with Gasteiger partial charge in [0.25, 0.3) is 0 Å². The summed E-state index contributed by atoms with van der Waals surface area (Å²) in [6.45, 7) is 1.16. The molecule has 128 valence electrons. The second kappa shape index (κ2) is 8.10. The van der Waals surface area contributed by atoms with Gasteiger partial charge in [-0.1, -0.05) is 12.1 Å². The van der Waals surface area contributed by atoms with Crippen LogP contribution in [0.15, 0.2) is 61.1 Å². The fraction of sp³-hybridized carbons (Fsp3) is 0.211. The summed E-state index contributed by atoms with van der Waals surface area (Å²) in [6, 6.07) is 13.3. The number of nitrogens with zero attached hydrogens (tertiary/aromatic N) is 3. The molecule has 1 N–H and O–H groups in total. The molecule has 2 heterocycles. The molecule has 2 aromatic heterocycles. The predicted octanol–water partition coefficient (Wildman–Crippen LogP) is 2.31. The van der Waals surface area contributed by atoms with Crippen molar-refractivity contribution >= 4 is 5.91 Å². The zero-order valence-electron chi connectivity index (χ0n) is 14.1.